The van der Waals surface area contributed by atoms with Crippen LogP contribution in [0.25, 0.3) is 0 Å². The van der Waals surface area contributed by atoms with E-state index in [1.807, 2.05) is 37.8 Å². The van der Waals surface area contributed by atoms with Gasteiger partial charge in [0.2, 0.25) is 0 Å². The van der Waals surface area contributed by atoms with E-state index in [1.54, 1.807) is 0 Å². The summed E-state index contributed by atoms with van der Waals surface area (Å²) < 4.78 is 0. The lowest BCUT2D eigenvalue weighted by atomic mass is 9.82. The van der Waals surface area contributed by atoms with Crippen LogP contribution in [0.5, 0.6) is 0 Å². The van der Waals surface area contributed by atoms with Crippen molar-refractivity contribution in [3.05, 3.63) is 29.3 Å². The first kappa shape index (κ1) is 15.3. The predicted octanol–water partition coefficient (Wildman–Crippen LogP) is 2.52. The molecule has 0 spiro atoms. The molecule has 3 rings (SSSR count). The molecule has 1 saturated heterocycles. The first-order chi connectivity index (χ1) is 10.4. The van der Waals surface area contributed by atoms with Crippen molar-refractivity contribution < 1.29 is 9.90 Å². The molecule has 2 atom stereocenters. The van der Waals surface area contributed by atoms with Crippen molar-refractivity contribution >= 4 is 11.6 Å². The van der Waals surface area contributed by atoms with E-state index < -0.39 is 5.60 Å². The molecule has 2 heterocycles. The third-order valence-corrected chi connectivity index (χ3v) is 5.38. The van der Waals surface area contributed by atoms with Crippen LogP contribution in [0.2, 0.25) is 0 Å². The van der Waals surface area contributed by atoms with Crippen molar-refractivity contribution in [3.63, 3.8) is 0 Å². The minimum atomic E-state index is -0.780. The first-order valence-electron chi connectivity index (χ1n) is 8.31. The average molecular weight is 302 g/mol. The number of carbonyl (C=O) groups excluding carboxylic acids is 1. The van der Waals surface area contributed by atoms with Crippen molar-refractivity contribution in [3.8, 4) is 0 Å². The van der Waals surface area contributed by atoms with Crippen LogP contribution in [0.4, 0.5) is 5.69 Å². The van der Waals surface area contributed by atoms with Gasteiger partial charge in [0.05, 0.1) is 23.4 Å². The number of anilines is 1. The standard InChI is InChI=1S/C18H26N2O2/c1-12(2)18(22)11-20(10-13(18)3)17(21)15-8-4-6-14-7-5-9-19-16(14)15/h4,6,8,12-13,19,22H,5,7,9-11H2,1-3H3/t13-,18-/m0/s1. The summed E-state index contributed by atoms with van der Waals surface area (Å²) in [7, 11) is 0. The van der Waals surface area contributed by atoms with Gasteiger partial charge in [0.25, 0.3) is 5.91 Å². The Hall–Kier alpha value is -1.55. The lowest BCUT2D eigenvalue weighted by Gasteiger charge is -2.31. The van der Waals surface area contributed by atoms with Crippen molar-refractivity contribution in [2.24, 2.45) is 11.8 Å². The number of likely N-dealkylation sites (tertiary alicyclic amines) is 1. The Morgan fingerprint density at radius 1 is 1.45 bits per heavy atom. The van der Waals surface area contributed by atoms with E-state index in [-0.39, 0.29) is 17.7 Å². The molecule has 0 saturated carbocycles. The SMILES string of the molecule is CC(C)[C@@]1(O)CN(C(=O)c2cccc3c2NCCC3)C[C@@H]1C. The van der Waals surface area contributed by atoms with E-state index in [0.717, 1.165) is 30.6 Å². The Labute approximate surface area is 132 Å². The summed E-state index contributed by atoms with van der Waals surface area (Å²) in [5.74, 6) is 0.279. The van der Waals surface area contributed by atoms with E-state index in [1.165, 1.54) is 5.56 Å². The third-order valence-electron chi connectivity index (χ3n) is 5.38. The molecule has 4 nitrogen and oxygen atoms in total. The third kappa shape index (κ3) is 2.39. The number of hydrogen-bond acceptors (Lipinski definition) is 3. The van der Waals surface area contributed by atoms with Crippen LogP contribution in [0, 0.1) is 11.8 Å². The molecule has 2 N–H and O–H groups in total. The van der Waals surface area contributed by atoms with E-state index in [4.69, 9.17) is 0 Å². The van der Waals surface area contributed by atoms with Gasteiger partial charge in [-0.15, -0.1) is 0 Å². The van der Waals surface area contributed by atoms with Crippen molar-refractivity contribution in [2.75, 3.05) is 25.0 Å². The number of hydrogen-bond donors (Lipinski definition) is 2. The van der Waals surface area contributed by atoms with E-state index >= 15 is 0 Å². The highest BCUT2D eigenvalue weighted by Crippen LogP contribution is 2.36. The molecule has 0 bridgehead atoms. The highest BCUT2D eigenvalue weighted by Gasteiger charge is 2.46. The molecule has 0 aliphatic carbocycles. The molecular formula is C18H26N2O2. The summed E-state index contributed by atoms with van der Waals surface area (Å²) in [6.45, 7) is 8.05. The number of aliphatic hydroxyl groups is 1. The van der Waals surface area contributed by atoms with Gasteiger partial charge in [0, 0.05) is 19.0 Å². The van der Waals surface area contributed by atoms with E-state index in [9.17, 15) is 9.90 Å². The molecule has 120 valence electrons. The molecule has 2 aliphatic rings. The molecule has 4 heteroatoms. The van der Waals surface area contributed by atoms with Gasteiger partial charge in [-0.1, -0.05) is 32.9 Å². The van der Waals surface area contributed by atoms with Crippen LogP contribution in [0.15, 0.2) is 18.2 Å². The fraction of sp³-hybridized carbons (Fsp3) is 0.611. The van der Waals surface area contributed by atoms with Crippen molar-refractivity contribution in [2.45, 2.75) is 39.2 Å². The number of amides is 1. The molecule has 1 aromatic carbocycles. The summed E-state index contributed by atoms with van der Waals surface area (Å²) in [5.41, 5.74) is 2.19. The molecule has 0 aromatic heterocycles. The molecular weight excluding hydrogens is 276 g/mol. The molecule has 0 unspecified atom stereocenters. The van der Waals surface area contributed by atoms with Crippen LogP contribution < -0.4 is 5.32 Å². The van der Waals surface area contributed by atoms with Gasteiger partial charge in [0.1, 0.15) is 0 Å². The van der Waals surface area contributed by atoms with Gasteiger partial charge >= 0.3 is 0 Å². The maximum absolute atomic E-state index is 12.9. The van der Waals surface area contributed by atoms with Gasteiger partial charge in [-0.05, 0) is 30.4 Å². The number of para-hydroxylation sites is 1. The van der Waals surface area contributed by atoms with Crippen LogP contribution >= 0.6 is 0 Å². The summed E-state index contributed by atoms with van der Waals surface area (Å²) in [5, 5.41) is 14.2. The minimum Gasteiger partial charge on any atom is -0.387 e. The number of benzene rings is 1. The topological polar surface area (TPSA) is 52.6 Å². The maximum Gasteiger partial charge on any atom is 0.256 e. The quantitative estimate of drug-likeness (QED) is 0.882. The molecule has 22 heavy (non-hydrogen) atoms. The fourth-order valence-corrected chi connectivity index (χ4v) is 3.78. The lowest BCUT2D eigenvalue weighted by Crippen LogP contribution is -2.43. The largest absolute Gasteiger partial charge is 0.387 e. The Bertz CT molecular complexity index is 584. The Kier molecular flexibility index (Phi) is 3.89. The summed E-state index contributed by atoms with van der Waals surface area (Å²) >= 11 is 0. The monoisotopic (exact) mass is 302 g/mol. The lowest BCUT2D eigenvalue weighted by molar-refractivity contribution is -0.0243. The van der Waals surface area contributed by atoms with Crippen LogP contribution in [0.3, 0.4) is 0 Å². The summed E-state index contributed by atoms with van der Waals surface area (Å²) in [4.78, 5) is 14.8. The fourth-order valence-electron chi connectivity index (χ4n) is 3.78. The molecule has 0 radical (unpaired) electrons. The zero-order chi connectivity index (χ0) is 15.9. The Morgan fingerprint density at radius 2 is 2.23 bits per heavy atom. The highest BCUT2D eigenvalue weighted by molar-refractivity contribution is 6.00. The van der Waals surface area contributed by atoms with E-state index in [0.29, 0.717) is 13.1 Å². The van der Waals surface area contributed by atoms with Gasteiger partial charge in [-0.2, -0.15) is 0 Å². The van der Waals surface area contributed by atoms with E-state index in [2.05, 4.69) is 11.4 Å². The second-order valence-corrected chi connectivity index (χ2v) is 7.10. The Balaban J connectivity index is 1.87. The zero-order valence-electron chi connectivity index (χ0n) is 13.7. The zero-order valence-corrected chi connectivity index (χ0v) is 13.7. The molecule has 1 amide bonds. The van der Waals surface area contributed by atoms with Crippen LogP contribution in [0.1, 0.15) is 43.1 Å². The van der Waals surface area contributed by atoms with Gasteiger partial charge < -0.3 is 15.3 Å². The summed E-state index contributed by atoms with van der Waals surface area (Å²) in [6, 6.07) is 5.96. The summed E-state index contributed by atoms with van der Waals surface area (Å²) in [6.07, 6.45) is 2.13. The number of rotatable bonds is 2. The highest BCUT2D eigenvalue weighted by atomic mass is 16.3. The van der Waals surface area contributed by atoms with Gasteiger partial charge in [-0.25, -0.2) is 0 Å². The number of fused-ring (bicyclic) bond motifs is 1. The number of nitrogens with zero attached hydrogens (tertiary/aromatic N) is 1. The average Bonchev–Trinajstić information content (AvgIpc) is 2.83. The predicted molar refractivity (Wildman–Crippen MR) is 88.1 cm³/mol. The molecule has 1 aromatic rings. The van der Waals surface area contributed by atoms with Gasteiger partial charge in [-0.3, -0.25) is 4.79 Å². The smallest absolute Gasteiger partial charge is 0.256 e. The van der Waals surface area contributed by atoms with Crippen LogP contribution in [-0.4, -0.2) is 41.1 Å². The number of β-amino-alcohol motifs (C(OH)–C–C–N with tert-alkyl or cyclic N) is 1. The first-order valence-corrected chi connectivity index (χ1v) is 8.31. The minimum absolute atomic E-state index is 0.0367. The number of nitrogens with one attached hydrogen (secondary N) is 1. The van der Waals surface area contributed by atoms with Gasteiger partial charge in [0.15, 0.2) is 0 Å². The second-order valence-electron chi connectivity index (χ2n) is 7.10. The van der Waals surface area contributed by atoms with Crippen molar-refractivity contribution in [1.29, 1.82) is 0 Å². The number of aryl methyl sites for hydroxylation is 1. The Morgan fingerprint density at radius 3 is 2.91 bits per heavy atom. The maximum atomic E-state index is 12.9. The van der Waals surface area contributed by atoms with Crippen molar-refractivity contribution in [1.82, 2.24) is 4.90 Å². The van der Waals surface area contributed by atoms with Crippen LogP contribution in [-0.2, 0) is 6.42 Å². The number of carbonyl (C=O) groups is 1. The molecule has 1 fully saturated rings. The normalized spacial score (nSPS) is 27.7. The second kappa shape index (κ2) is 5.58. The molecule has 2 aliphatic heterocycles.